The van der Waals surface area contributed by atoms with E-state index in [2.05, 4.69) is 10.3 Å². The highest BCUT2D eigenvalue weighted by Crippen LogP contribution is 2.28. The maximum atomic E-state index is 12.3. The predicted octanol–water partition coefficient (Wildman–Crippen LogP) is 4.43. The van der Waals surface area contributed by atoms with Crippen molar-refractivity contribution in [1.82, 2.24) is 4.98 Å². The molecular weight excluding hydrogens is 285 g/mol. The van der Waals surface area contributed by atoms with Crippen LogP contribution in [-0.2, 0) is 12.7 Å². The van der Waals surface area contributed by atoms with Gasteiger partial charge in [0.15, 0.2) is 0 Å². The first-order chi connectivity index (χ1) is 8.45. The van der Waals surface area contributed by atoms with Crippen LogP contribution >= 0.6 is 22.9 Å². The van der Waals surface area contributed by atoms with E-state index >= 15 is 0 Å². The van der Waals surface area contributed by atoms with Gasteiger partial charge in [-0.3, -0.25) is 0 Å². The fraction of sp³-hybridized carbons (Fsp3) is 0.182. The number of anilines is 1. The van der Waals surface area contributed by atoms with Crippen LogP contribution in [0.1, 0.15) is 10.6 Å². The van der Waals surface area contributed by atoms with Crippen molar-refractivity contribution in [3.8, 4) is 0 Å². The van der Waals surface area contributed by atoms with Gasteiger partial charge in [0, 0.05) is 16.8 Å². The number of nitrogens with zero attached hydrogens (tertiary/aromatic N) is 1. The topological polar surface area (TPSA) is 24.9 Å². The van der Waals surface area contributed by atoms with Gasteiger partial charge >= 0.3 is 6.18 Å². The molecule has 2 nitrogen and oxygen atoms in total. The molecule has 0 saturated heterocycles. The summed E-state index contributed by atoms with van der Waals surface area (Å²) >= 11 is 7.24. The van der Waals surface area contributed by atoms with Crippen LogP contribution in [-0.4, -0.2) is 4.98 Å². The molecular formula is C11H8ClF3N2S. The first-order valence-corrected chi connectivity index (χ1v) is 6.21. The lowest BCUT2D eigenvalue weighted by Gasteiger charge is -2.07. The summed E-state index contributed by atoms with van der Waals surface area (Å²) < 4.78 is 36.8. The quantitative estimate of drug-likeness (QED) is 0.905. The molecule has 0 saturated carbocycles. The molecule has 0 aromatic carbocycles. The highest BCUT2D eigenvalue weighted by molar-refractivity contribution is 7.10. The molecule has 0 radical (unpaired) electrons. The summed E-state index contributed by atoms with van der Waals surface area (Å²) in [7, 11) is 0. The Morgan fingerprint density at radius 2 is 2.11 bits per heavy atom. The molecule has 96 valence electrons. The van der Waals surface area contributed by atoms with Crippen molar-refractivity contribution in [3.05, 3.63) is 45.4 Å². The summed E-state index contributed by atoms with van der Waals surface area (Å²) in [6.07, 6.45) is -3.24. The lowest BCUT2D eigenvalue weighted by Crippen LogP contribution is -2.08. The van der Waals surface area contributed by atoms with E-state index in [9.17, 15) is 13.2 Å². The minimum atomic E-state index is -4.40. The Morgan fingerprint density at radius 1 is 1.33 bits per heavy atom. The predicted molar refractivity (Wildman–Crippen MR) is 65.9 cm³/mol. The highest BCUT2D eigenvalue weighted by atomic mass is 35.5. The SMILES string of the molecule is FC(F)(F)c1ccc(NCc2cc(Cl)cs2)cn1. The molecule has 0 unspecified atom stereocenters. The minimum absolute atomic E-state index is 0.504. The van der Waals surface area contributed by atoms with Crippen LogP contribution in [0.4, 0.5) is 18.9 Å². The summed E-state index contributed by atoms with van der Waals surface area (Å²) in [5.74, 6) is 0. The molecule has 0 bridgehead atoms. The molecule has 0 aliphatic heterocycles. The third-order valence-corrected chi connectivity index (χ3v) is 3.43. The van der Waals surface area contributed by atoms with Gasteiger partial charge in [0.05, 0.1) is 16.9 Å². The van der Waals surface area contributed by atoms with Crippen LogP contribution in [0, 0.1) is 0 Å². The first kappa shape index (κ1) is 13.2. The zero-order valence-corrected chi connectivity index (χ0v) is 10.5. The maximum absolute atomic E-state index is 12.3. The number of hydrogen-bond donors (Lipinski definition) is 1. The first-order valence-electron chi connectivity index (χ1n) is 4.95. The van der Waals surface area contributed by atoms with Crippen molar-refractivity contribution in [2.75, 3.05) is 5.32 Å². The van der Waals surface area contributed by atoms with Crippen molar-refractivity contribution in [2.45, 2.75) is 12.7 Å². The van der Waals surface area contributed by atoms with Crippen LogP contribution < -0.4 is 5.32 Å². The number of rotatable bonds is 3. The molecule has 0 atom stereocenters. The van der Waals surface area contributed by atoms with Crippen LogP contribution in [0.25, 0.3) is 0 Å². The molecule has 7 heteroatoms. The van der Waals surface area contributed by atoms with Gasteiger partial charge in [0.2, 0.25) is 0 Å². The smallest absolute Gasteiger partial charge is 0.379 e. The summed E-state index contributed by atoms with van der Waals surface area (Å²) in [4.78, 5) is 4.36. The number of aromatic nitrogens is 1. The van der Waals surface area contributed by atoms with E-state index in [4.69, 9.17) is 11.6 Å². The molecule has 1 N–H and O–H groups in total. The zero-order chi connectivity index (χ0) is 13.2. The Kier molecular flexibility index (Phi) is 3.77. The molecule has 2 heterocycles. The van der Waals surface area contributed by atoms with Gasteiger partial charge in [-0.2, -0.15) is 13.2 Å². The molecule has 2 aromatic heterocycles. The minimum Gasteiger partial charge on any atom is -0.379 e. The van der Waals surface area contributed by atoms with Gasteiger partial charge in [-0.1, -0.05) is 11.6 Å². The van der Waals surface area contributed by atoms with Gasteiger partial charge < -0.3 is 5.32 Å². The molecule has 0 fully saturated rings. The lowest BCUT2D eigenvalue weighted by atomic mass is 10.3. The number of pyridine rings is 1. The molecule has 0 amide bonds. The zero-order valence-electron chi connectivity index (χ0n) is 8.96. The molecule has 2 rings (SSSR count). The standard InChI is InChI=1S/C11H8ClF3N2S/c12-7-3-9(18-6-7)5-16-8-1-2-10(17-4-8)11(13,14)15/h1-4,6,16H,5H2. The summed E-state index contributed by atoms with van der Waals surface area (Å²) in [6, 6.07) is 4.10. The maximum Gasteiger partial charge on any atom is 0.433 e. The van der Waals surface area contributed by atoms with Gasteiger partial charge in [0.25, 0.3) is 0 Å². The number of nitrogens with one attached hydrogen (secondary N) is 1. The Hall–Kier alpha value is -1.27. The van der Waals surface area contributed by atoms with Gasteiger partial charge in [-0.05, 0) is 18.2 Å². The fourth-order valence-corrected chi connectivity index (χ4v) is 2.31. The second-order valence-corrected chi connectivity index (χ2v) is 4.95. The Bertz CT molecular complexity index is 522. The normalized spacial score (nSPS) is 11.6. The van der Waals surface area contributed by atoms with E-state index in [-0.39, 0.29) is 0 Å². The van der Waals surface area contributed by atoms with E-state index in [1.807, 2.05) is 0 Å². The van der Waals surface area contributed by atoms with E-state index in [0.717, 1.165) is 17.1 Å². The van der Waals surface area contributed by atoms with Crippen molar-refractivity contribution in [2.24, 2.45) is 0 Å². The van der Waals surface area contributed by atoms with Gasteiger partial charge in [0.1, 0.15) is 5.69 Å². The van der Waals surface area contributed by atoms with Crippen molar-refractivity contribution < 1.29 is 13.2 Å². The average molecular weight is 293 g/mol. The monoisotopic (exact) mass is 292 g/mol. The summed E-state index contributed by atoms with van der Waals surface area (Å²) in [5.41, 5.74) is -0.361. The van der Waals surface area contributed by atoms with E-state index in [1.54, 1.807) is 11.4 Å². The van der Waals surface area contributed by atoms with Crippen LogP contribution in [0.15, 0.2) is 29.8 Å². The van der Waals surface area contributed by atoms with Gasteiger partial charge in [-0.15, -0.1) is 11.3 Å². The molecule has 0 spiro atoms. The number of hydrogen-bond acceptors (Lipinski definition) is 3. The lowest BCUT2D eigenvalue weighted by molar-refractivity contribution is -0.141. The molecule has 18 heavy (non-hydrogen) atoms. The van der Waals surface area contributed by atoms with Crippen LogP contribution in [0.5, 0.6) is 0 Å². The summed E-state index contributed by atoms with van der Waals surface area (Å²) in [5, 5.41) is 5.43. The average Bonchev–Trinajstić information content (AvgIpc) is 2.72. The molecule has 0 aliphatic carbocycles. The fourth-order valence-electron chi connectivity index (χ4n) is 1.30. The second kappa shape index (κ2) is 5.16. The van der Waals surface area contributed by atoms with E-state index in [1.165, 1.54) is 17.4 Å². The molecule has 2 aromatic rings. The van der Waals surface area contributed by atoms with Crippen molar-refractivity contribution >= 4 is 28.6 Å². The van der Waals surface area contributed by atoms with E-state index in [0.29, 0.717) is 17.3 Å². The summed E-state index contributed by atoms with van der Waals surface area (Å²) in [6.45, 7) is 0.504. The Morgan fingerprint density at radius 3 is 2.61 bits per heavy atom. The Balaban J connectivity index is 1.98. The second-order valence-electron chi connectivity index (χ2n) is 3.51. The van der Waals surface area contributed by atoms with Crippen molar-refractivity contribution in [1.29, 1.82) is 0 Å². The third-order valence-electron chi connectivity index (χ3n) is 2.14. The Labute approximate surface area is 110 Å². The highest BCUT2D eigenvalue weighted by Gasteiger charge is 2.31. The third kappa shape index (κ3) is 3.36. The van der Waals surface area contributed by atoms with Gasteiger partial charge in [-0.25, -0.2) is 4.98 Å². The van der Waals surface area contributed by atoms with Crippen LogP contribution in [0.3, 0.4) is 0 Å². The van der Waals surface area contributed by atoms with Crippen molar-refractivity contribution in [3.63, 3.8) is 0 Å². The number of halogens is 4. The molecule has 0 aliphatic rings. The number of alkyl halides is 3. The van der Waals surface area contributed by atoms with E-state index < -0.39 is 11.9 Å². The largest absolute Gasteiger partial charge is 0.433 e. The number of thiophene rings is 1. The van der Waals surface area contributed by atoms with Crippen LogP contribution in [0.2, 0.25) is 5.02 Å².